The number of carbonyl (C=O) groups is 1. The lowest BCUT2D eigenvalue weighted by atomic mass is 10.2. The summed E-state index contributed by atoms with van der Waals surface area (Å²) in [6.45, 7) is -0.00120. The fourth-order valence-corrected chi connectivity index (χ4v) is 5.61. The molecule has 24 heavy (non-hydrogen) atoms. The smallest absolute Gasteiger partial charge is 0.262 e. The molecule has 2 aromatic carbocycles. The van der Waals surface area contributed by atoms with E-state index in [4.69, 9.17) is 4.74 Å². The predicted octanol–water partition coefficient (Wildman–Crippen LogP) is 5.34. The van der Waals surface area contributed by atoms with Crippen LogP contribution in [0.15, 0.2) is 53.0 Å². The highest BCUT2D eigenvalue weighted by Gasteiger charge is 2.16. The molecule has 1 saturated heterocycles. The van der Waals surface area contributed by atoms with Crippen LogP contribution in [-0.4, -0.2) is 24.0 Å². The van der Waals surface area contributed by atoms with Crippen LogP contribution in [-0.2, 0) is 4.79 Å². The lowest BCUT2D eigenvalue weighted by molar-refractivity contribution is -0.118. The van der Waals surface area contributed by atoms with Gasteiger partial charge in [0.05, 0.1) is 4.58 Å². The number of benzene rings is 2. The van der Waals surface area contributed by atoms with Gasteiger partial charge in [-0.25, -0.2) is 0 Å². The van der Waals surface area contributed by atoms with Gasteiger partial charge in [-0.05, 0) is 53.8 Å². The van der Waals surface area contributed by atoms with E-state index >= 15 is 0 Å². The molecule has 0 radical (unpaired) electrons. The van der Waals surface area contributed by atoms with Gasteiger partial charge in [0.25, 0.3) is 5.91 Å². The zero-order valence-electron chi connectivity index (χ0n) is 13.0. The maximum Gasteiger partial charge on any atom is 0.262 e. The van der Waals surface area contributed by atoms with Crippen LogP contribution < -0.4 is 10.1 Å². The number of ether oxygens (including phenoxy) is 1. The summed E-state index contributed by atoms with van der Waals surface area (Å²) in [7, 11) is 0. The van der Waals surface area contributed by atoms with E-state index < -0.39 is 0 Å². The molecule has 0 aromatic heterocycles. The average molecular weight is 424 g/mol. The van der Waals surface area contributed by atoms with Crippen molar-refractivity contribution in [3.8, 4) is 5.75 Å². The van der Waals surface area contributed by atoms with E-state index in [0.717, 1.165) is 10.2 Å². The van der Waals surface area contributed by atoms with Gasteiger partial charge in [-0.3, -0.25) is 4.79 Å². The summed E-state index contributed by atoms with van der Waals surface area (Å²) in [4.78, 5) is 12.0. The van der Waals surface area contributed by atoms with Gasteiger partial charge in [0.1, 0.15) is 5.75 Å². The summed E-state index contributed by atoms with van der Waals surface area (Å²) in [6, 6.07) is 15.6. The first-order valence-corrected chi connectivity index (χ1v) is 10.6. The highest BCUT2D eigenvalue weighted by atomic mass is 79.9. The molecule has 1 fully saturated rings. The Morgan fingerprint density at radius 2 is 1.92 bits per heavy atom. The lowest BCUT2D eigenvalue weighted by Crippen LogP contribution is -2.20. The van der Waals surface area contributed by atoms with Gasteiger partial charge in [-0.1, -0.05) is 34.1 Å². The highest BCUT2D eigenvalue weighted by molar-refractivity contribution is 9.10. The molecule has 0 unspecified atom stereocenters. The largest absolute Gasteiger partial charge is 0.484 e. The van der Waals surface area contributed by atoms with Crippen molar-refractivity contribution in [1.82, 2.24) is 0 Å². The molecule has 6 heteroatoms. The number of carbonyl (C=O) groups excluding carboxylic acids is 1. The second-order valence-corrected chi connectivity index (χ2v) is 8.98. The van der Waals surface area contributed by atoms with Crippen LogP contribution in [0.4, 0.5) is 5.69 Å². The molecule has 0 atom stereocenters. The molecule has 0 aliphatic carbocycles. The molecule has 1 aliphatic rings. The third kappa shape index (κ3) is 5.19. The van der Waals surface area contributed by atoms with Crippen LogP contribution in [0.2, 0.25) is 0 Å². The molecule has 3 nitrogen and oxygen atoms in total. The number of amides is 1. The zero-order valence-corrected chi connectivity index (χ0v) is 16.3. The summed E-state index contributed by atoms with van der Waals surface area (Å²) >= 11 is 7.38. The number of hydrogen-bond acceptors (Lipinski definition) is 4. The molecular formula is C18H18BrNO2S2. The second-order valence-electron chi connectivity index (χ2n) is 5.34. The molecule has 1 N–H and O–H groups in total. The Balaban J connectivity index is 1.50. The molecular weight excluding hydrogens is 406 g/mol. The maximum absolute atomic E-state index is 12.0. The summed E-state index contributed by atoms with van der Waals surface area (Å²) in [5.41, 5.74) is 2.07. The van der Waals surface area contributed by atoms with Crippen LogP contribution >= 0.6 is 39.5 Å². The van der Waals surface area contributed by atoms with Crippen LogP contribution in [0, 0.1) is 0 Å². The van der Waals surface area contributed by atoms with Gasteiger partial charge in [-0.15, -0.1) is 23.5 Å². The molecule has 126 valence electrons. The van der Waals surface area contributed by atoms with Crippen LogP contribution in [0.5, 0.6) is 5.75 Å². The van der Waals surface area contributed by atoms with Crippen molar-refractivity contribution in [2.24, 2.45) is 0 Å². The van der Waals surface area contributed by atoms with Crippen molar-refractivity contribution < 1.29 is 9.53 Å². The first-order chi connectivity index (χ1) is 11.7. The minimum absolute atomic E-state index is 0.00120. The Morgan fingerprint density at radius 3 is 2.62 bits per heavy atom. The van der Waals surface area contributed by atoms with E-state index in [1.807, 2.05) is 59.9 Å². The number of rotatable bonds is 5. The number of halogens is 1. The van der Waals surface area contributed by atoms with Gasteiger partial charge in [-0.2, -0.15) is 0 Å². The van der Waals surface area contributed by atoms with E-state index in [-0.39, 0.29) is 12.5 Å². The molecule has 0 bridgehead atoms. The van der Waals surface area contributed by atoms with Gasteiger partial charge in [0.2, 0.25) is 0 Å². The van der Waals surface area contributed by atoms with Crippen LogP contribution in [0.25, 0.3) is 0 Å². The van der Waals surface area contributed by atoms with Crippen molar-refractivity contribution in [2.75, 3.05) is 23.4 Å². The van der Waals surface area contributed by atoms with E-state index in [1.54, 1.807) is 0 Å². The number of anilines is 1. The van der Waals surface area contributed by atoms with Crippen molar-refractivity contribution in [2.45, 2.75) is 11.0 Å². The molecule has 1 amide bonds. The van der Waals surface area contributed by atoms with Crippen molar-refractivity contribution in [3.63, 3.8) is 0 Å². The zero-order chi connectivity index (χ0) is 16.8. The fraction of sp³-hybridized carbons (Fsp3) is 0.278. The number of hydrogen-bond donors (Lipinski definition) is 1. The first-order valence-electron chi connectivity index (χ1n) is 7.72. The molecule has 0 spiro atoms. The highest BCUT2D eigenvalue weighted by Crippen LogP contribution is 2.43. The third-order valence-electron chi connectivity index (χ3n) is 3.46. The molecule has 1 heterocycles. The Hall–Kier alpha value is -1.11. The quantitative estimate of drug-likeness (QED) is 0.704. The van der Waals surface area contributed by atoms with Crippen molar-refractivity contribution in [1.29, 1.82) is 0 Å². The minimum Gasteiger partial charge on any atom is -0.484 e. The van der Waals surface area contributed by atoms with Gasteiger partial charge in [0, 0.05) is 10.2 Å². The standard InChI is InChI=1S/C18H18BrNO2S2/c19-14-3-1-4-15(11-14)20-17(21)12-22-16-7-5-13(6-8-16)18-23-9-2-10-24-18/h1,3-8,11,18H,2,9-10,12H2,(H,20,21). The van der Waals surface area contributed by atoms with Gasteiger partial charge < -0.3 is 10.1 Å². The second kappa shape index (κ2) is 8.83. The maximum atomic E-state index is 12.0. The number of nitrogens with one attached hydrogen (secondary N) is 1. The van der Waals surface area contributed by atoms with E-state index in [9.17, 15) is 4.79 Å². The molecule has 2 aromatic rings. The lowest BCUT2D eigenvalue weighted by Gasteiger charge is -2.21. The topological polar surface area (TPSA) is 38.3 Å². The van der Waals surface area contributed by atoms with Crippen molar-refractivity contribution in [3.05, 3.63) is 58.6 Å². The Morgan fingerprint density at radius 1 is 1.17 bits per heavy atom. The predicted molar refractivity (Wildman–Crippen MR) is 107 cm³/mol. The SMILES string of the molecule is O=C(COc1ccc(C2SCCCS2)cc1)Nc1cccc(Br)c1. The van der Waals surface area contributed by atoms with E-state index in [0.29, 0.717) is 10.3 Å². The Kier molecular flexibility index (Phi) is 6.51. The third-order valence-corrected chi connectivity index (χ3v) is 6.97. The monoisotopic (exact) mass is 423 g/mol. The fourth-order valence-electron chi connectivity index (χ4n) is 2.31. The summed E-state index contributed by atoms with van der Waals surface area (Å²) in [5.74, 6) is 3.00. The average Bonchev–Trinajstić information content (AvgIpc) is 2.61. The van der Waals surface area contributed by atoms with E-state index in [2.05, 4.69) is 33.4 Å². The summed E-state index contributed by atoms with van der Waals surface area (Å²) in [6.07, 6.45) is 1.29. The van der Waals surface area contributed by atoms with Gasteiger partial charge in [0.15, 0.2) is 6.61 Å². The normalized spacial score (nSPS) is 15.0. The first kappa shape index (κ1) is 17.7. The molecule has 0 saturated carbocycles. The van der Waals surface area contributed by atoms with Crippen LogP contribution in [0.1, 0.15) is 16.6 Å². The van der Waals surface area contributed by atoms with Crippen molar-refractivity contribution >= 4 is 51.0 Å². The summed E-state index contributed by atoms with van der Waals surface area (Å²) < 4.78 is 7.02. The Labute approximate surface area is 159 Å². The molecule has 3 rings (SSSR count). The van der Waals surface area contributed by atoms with E-state index in [1.165, 1.54) is 23.5 Å². The summed E-state index contributed by atoms with van der Waals surface area (Å²) in [5, 5.41) is 2.82. The molecule has 1 aliphatic heterocycles. The minimum atomic E-state index is -0.171. The van der Waals surface area contributed by atoms with Crippen LogP contribution in [0.3, 0.4) is 0 Å². The van der Waals surface area contributed by atoms with Gasteiger partial charge >= 0.3 is 0 Å². The Bertz CT molecular complexity index is 688. The number of thioether (sulfide) groups is 2.